The molecule has 0 atom stereocenters. The SMILES string of the molecule is Cn1c2ccccc2c2c1ccc1c3ccc(Cn4c5ccccc5c5ccccc54)cc3n(C)c12. The van der Waals surface area contributed by atoms with Gasteiger partial charge in [0.25, 0.3) is 0 Å². The van der Waals surface area contributed by atoms with Gasteiger partial charge in [-0.05, 0) is 35.9 Å². The van der Waals surface area contributed by atoms with Gasteiger partial charge in [-0.25, -0.2) is 0 Å². The molecule has 0 N–H and O–H groups in total. The summed E-state index contributed by atoms with van der Waals surface area (Å²) >= 11 is 0. The number of hydrogen-bond donors (Lipinski definition) is 0. The first kappa shape index (κ1) is 19.8. The van der Waals surface area contributed by atoms with Gasteiger partial charge in [-0.3, -0.25) is 0 Å². The average molecular weight is 464 g/mol. The first-order valence-electron chi connectivity index (χ1n) is 12.5. The van der Waals surface area contributed by atoms with E-state index in [1.165, 1.54) is 71.0 Å². The third-order valence-electron chi connectivity index (χ3n) is 8.12. The fourth-order valence-corrected chi connectivity index (χ4v) is 6.46. The van der Waals surface area contributed by atoms with Gasteiger partial charge in [-0.1, -0.05) is 72.8 Å². The predicted octanol–water partition coefficient (Wildman–Crippen LogP) is 8.13. The molecule has 3 heteroatoms. The van der Waals surface area contributed by atoms with Gasteiger partial charge in [0.2, 0.25) is 0 Å². The molecule has 0 amide bonds. The highest BCUT2D eigenvalue weighted by molar-refractivity contribution is 6.25. The van der Waals surface area contributed by atoms with Crippen LogP contribution in [0, 0.1) is 0 Å². The number of para-hydroxylation sites is 3. The summed E-state index contributed by atoms with van der Waals surface area (Å²) in [7, 11) is 4.39. The van der Waals surface area contributed by atoms with E-state index in [-0.39, 0.29) is 0 Å². The van der Waals surface area contributed by atoms with Crippen molar-refractivity contribution in [2.24, 2.45) is 14.1 Å². The molecule has 172 valence electrons. The van der Waals surface area contributed by atoms with Crippen molar-refractivity contribution in [2.75, 3.05) is 0 Å². The second-order valence-electron chi connectivity index (χ2n) is 9.96. The summed E-state index contributed by atoms with van der Waals surface area (Å²) in [5.41, 5.74) is 9.03. The number of aryl methyl sites for hydroxylation is 2. The van der Waals surface area contributed by atoms with Crippen molar-refractivity contribution in [1.29, 1.82) is 0 Å². The number of nitrogens with zero attached hydrogens (tertiary/aromatic N) is 3. The van der Waals surface area contributed by atoms with Crippen LogP contribution in [0.25, 0.3) is 65.4 Å². The van der Waals surface area contributed by atoms with Crippen LogP contribution in [-0.4, -0.2) is 13.7 Å². The van der Waals surface area contributed by atoms with E-state index in [2.05, 4.69) is 131 Å². The van der Waals surface area contributed by atoms with Crippen LogP contribution in [0.3, 0.4) is 0 Å². The summed E-state index contributed by atoms with van der Waals surface area (Å²) in [6.07, 6.45) is 0. The summed E-state index contributed by atoms with van der Waals surface area (Å²) in [6, 6.07) is 37.8. The van der Waals surface area contributed by atoms with Crippen LogP contribution in [-0.2, 0) is 20.6 Å². The smallest absolute Gasteiger partial charge is 0.0590 e. The highest BCUT2D eigenvalue weighted by Crippen LogP contribution is 2.39. The van der Waals surface area contributed by atoms with E-state index in [1.54, 1.807) is 0 Å². The first-order chi connectivity index (χ1) is 17.7. The topological polar surface area (TPSA) is 14.8 Å². The Labute approximate surface area is 208 Å². The third-order valence-corrected chi connectivity index (χ3v) is 8.12. The van der Waals surface area contributed by atoms with Gasteiger partial charge in [0.05, 0.1) is 11.0 Å². The minimum absolute atomic E-state index is 0.842. The summed E-state index contributed by atoms with van der Waals surface area (Å²) in [6.45, 7) is 0.842. The van der Waals surface area contributed by atoms with Crippen LogP contribution in [0.4, 0.5) is 0 Å². The number of hydrogen-bond acceptors (Lipinski definition) is 0. The fraction of sp³-hybridized carbons (Fsp3) is 0.0909. The maximum absolute atomic E-state index is 2.46. The second kappa shape index (κ2) is 7.02. The summed E-state index contributed by atoms with van der Waals surface area (Å²) in [4.78, 5) is 0. The van der Waals surface area contributed by atoms with Crippen LogP contribution < -0.4 is 0 Å². The van der Waals surface area contributed by atoms with Gasteiger partial charge in [-0.15, -0.1) is 0 Å². The number of rotatable bonds is 2. The zero-order valence-corrected chi connectivity index (χ0v) is 20.4. The highest BCUT2D eigenvalue weighted by atomic mass is 15.0. The van der Waals surface area contributed by atoms with Crippen molar-refractivity contribution in [3.63, 3.8) is 0 Å². The van der Waals surface area contributed by atoms with Gasteiger partial charge in [0, 0.05) is 75.0 Å². The Bertz CT molecular complexity index is 2100. The van der Waals surface area contributed by atoms with Gasteiger partial charge < -0.3 is 13.7 Å². The molecular weight excluding hydrogens is 438 g/mol. The van der Waals surface area contributed by atoms with E-state index in [1.807, 2.05) is 0 Å². The summed E-state index contributed by atoms with van der Waals surface area (Å²) in [5.74, 6) is 0. The summed E-state index contributed by atoms with van der Waals surface area (Å²) < 4.78 is 7.17. The standard InChI is InChI=1S/C33H25N3/c1-34-27-12-6-5-11-26(27)32-30(34)18-17-25-24-16-15-21(19-31(24)35(2)33(25)32)20-36-28-13-7-3-9-22(28)23-10-4-8-14-29(23)36/h3-19H,20H2,1-2H3. The third kappa shape index (κ3) is 2.47. The molecule has 0 aliphatic heterocycles. The van der Waals surface area contributed by atoms with Crippen molar-refractivity contribution in [2.45, 2.75) is 6.54 Å². The second-order valence-corrected chi connectivity index (χ2v) is 9.96. The molecule has 3 nitrogen and oxygen atoms in total. The van der Waals surface area contributed by atoms with Crippen LogP contribution in [0.15, 0.2) is 103 Å². The van der Waals surface area contributed by atoms with Crippen LogP contribution >= 0.6 is 0 Å². The predicted molar refractivity (Wildman–Crippen MR) is 153 cm³/mol. The molecule has 8 aromatic rings. The first-order valence-corrected chi connectivity index (χ1v) is 12.5. The van der Waals surface area contributed by atoms with E-state index in [0.29, 0.717) is 0 Å². The number of aromatic nitrogens is 3. The molecule has 0 radical (unpaired) electrons. The monoisotopic (exact) mass is 463 g/mol. The molecule has 0 unspecified atom stereocenters. The van der Waals surface area contributed by atoms with Crippen molar-refractivity contribution in [1.82, 2.24) is 13.7 Å². The number of benzene rings is 5. The Morgan fingerprint density at radius 2 is 1.06 bits per heavy atom. The lowest BCUT2D eigenvalue weighted by Gasteiger charge is -2.09. The largest absolute Gasteiger partial charge is 0.344 e. The van der Waals surface area contributed by atoms with Crippen LogP contribution in [0.2, 0.25) is 0 Å². The zero-order chi connectivity index (χ0) is 24.0. The summed E-state index contributed by atoms with van der Waals surface area (Å²) in [5, 5.41) is 7.92. The molecule has 3 heterocycles. The number of fused-ring (bicyclic) bond motifs is 10. The molecule has 3 aromatic heterocycles. The van der Waals surface area contributed by atoms with E-state index >= 15 is 0 Å². The Kier molecular flexibility index (Phi) is 3.85. The van der Waals surface area contributed by atoms with Crippen molar-refractivity contribution >= 4 is 65.4 Å². The van der Waals surface area contributed by atoms with E-state index in [0.717, 1.165) is 6.54 Å². The van der Waals surface area contributed by atoms with Crippen molar-refractivity contribution < 1.29 is 0 Å². The lowest BCUT2D eigenvalue weighted by Crippen LogP contribution is -1.99. The normalized spacial score (nSPS) is 12.3. The van der Waals surface area contributed by atoms with Crippen LogP contribution in [0.5, 0.6) is 0 Å². The van der Waals surface area contributed by atoms with E-state index in [4.69, 9.17) is 0 Å². The molecule has 0 spiro atoms. The Hall–Kier alpha value is -4.50. The minimum atomic E-state index is 0.842. The minimum Gasteiger partial charge on any atom is -0.344 e. The molecule has 0 saturated carbocycles. The zero-order valence-electron chi connectivity index (χ0n) is 20.4. The van der Waals surface area contributed by atoms with Gasteiger partial charge in [0.1, 0.15) is 0 Å². The van der Waals surface area contributed by atoms with Gasteiger partial charge >= 0.3 is 0 Å². The maximum Gasteiger partial charge on any atom is 0.0590 e. The van der Waals surface area contributed by atoms with Gasteiger partial charge in [-0.2, -0.15) is 0 Å². The molecule has 5 aromatic carbocycles. The lowest BCUT2D eigenvalue weighted by molar-refractivity contribution is 0.869. The molecule has 0 aliphatic rings. The average Bonchev–Trinajstić information content (AvgIpc) is 3.51. The lowest BCUT2D eigenvalue weighted by atomic mass is 10.1. The molecule has 36 heavy (non-hydrogen) atoms. The maximum atomic E-state index is 2.46. The van der Waals surface area contributed by atoms with Gasteiger partial charge in [0.15, 0.2) is 0 Å². The Morgan fingerprint density at radius 1 is 0.472 bits per heavy atom. The molecule has 0 saturated heterocycles. The Morgan fingerprint density at radius 3 is 1.78 bits per heavy atom. The molecule has 8 rings (SSSR count). The van der Waals surface area contributed by atoms with Crippen molar-refractivity contribution in [3.05, 3.63) is 109 Å². The molecule has 0 fully saturated rings. The van der Waals surface area contributed by atoms with E-state index < -0.39 is 0 Å². The van der Waals surface area contributed by atoms with Crippen LogP contribution in [0.1, 0.15) is 5.56 Å². The van der Waals surface area contributed by atoms with Crippen molar-refractivity contribution in [3.8, 4) is 0 Å². The quantitative estimate of drug-likeness (QED) is 0.246. The molecular formula is C33H25N3. The Balaban J connectivity index is 1.38. The molecule has 0 bridgehead atoms. The van der Waals surface area contributed by atoms with E-state index in [9.17, 15) is 0 Å². The molecule has 0 aliphatic carbocycles. The fourth-order valence-electron chi connectivity index (χ4n) is 6.46. The highest BCUT2D eigenvalue weighted by Gasteiger charge is 2.17.